The molecule has 1 aliphatic heterocycles. The van der Waals surface area contributed by atoms with E-state index in [0.29, 0.717) is 6.04 Å². The highest BCUT2D eigenvalue weighted by Gasteiger charge is 2.41. The fraction of sp³-hybridized carbons (Fsp3) is 1.00. The SMILES string of the molecule is CNC1CC(C)CC(C)C1N1CCC2(CCCCC2)CC1. The third-order valence-corrected chi connectivity index (χ3v) is 6.99. The summed E-state index contributed by atoms with van der Waals surface area (Å²) in [5.74, 6) is 1.75. The largest absolute Gasteiger partial charge is 0.315 e. The maximum Gasteiger partial charge on any atom is 0.0274 e. The van der Waals surface area contributed by atoms with Gasteiger partial charge in [-0.05, 0) is 75.9 Å². The van der Waals surface area contributed by atoms with E-state index < -0.39 is 0 Å². The molecule has 3 rings (SSSR count). The van der Waals surface area contributed by atoms with Crippen LogP contribution in [0.5, 0.6) is 0 Å². The molecule has 1 saturated heterocycles. The molecule has 1 N–H and O–H groups in total. The van der Waals surface area contributed by atoms with E-state index in [1.54, 1.807) is 0 Å². The zero-order valence-electron chi connectivity index (χ0n) is 14.5. The molecule has 4 atom stereocenters. The second kappa shape index (κ2) is 6.58. The Hall–Kier alpha value is -0.0800. The number of nitrogens with zero attached hydrogens (tertiary/aromatic N) is 1. The second-order valence-electron chi connectivity index (χ2n) is 8.54. The monoisotopic (exact) mass is 292 g/mol. The maximum atomic E-state index is 3.64. The fourth-order valence-corrected chi connectivity index (χ4v) is 5.84. The molecule has 2 saturated carbocycles. The van der Waals surface area contributed by atoms with Crippen LogP contribution in [0.3, 0.4) is 0 Å². The Morgan fingerprint density at radius 2 is 1.57 bits per heavy atom. The van der Waals surface area contributed by atoms with Gasteiger partial charge in [0, 0.05) is 12.1 Å². The summed E-state index contributed by atoms with van der Waals surface area (Å²) in [5, 5.41) is 3.64. The molecule has 2 aliphatic carbocycles. The minimum absolute atomic E-state index is 0.712. The van der Waals surface area contributed by atoms with Gasteiger partial charge in [0.05, 0.1) is 0 Å². The minimum atomic E-state index is 0.712. The lowest BCUT2D eigenvalue weighted by molar-refractivity contribution is -0.0000675. The smallest absolute Gasteiger partial charge is 0.0274 e. The average molecular weight is 293 g/mol. The molecule has 0 bridgehead atoms. The van der Waals surface area contributed by atoms with Crippen LogP contribution in [0.25, 0.3) is 0 Å². The average Bonchev–Trinajstić information content (AvgIpc) is 2.49. The van der Waals surface area contributed by atoms with E-state index in [1.165, 1.54) is 70.9 Å². The van der Waals surface area contributed by atoms with Crippen molar-refractivity contribution in [2.24, 2.45) is 17.3 Å². The van der Waals surface area contributed by atoms with Gasteiger partial charge < -0.3 is 5.32 Å². The Morgan fingerprint density at radius 3 is 2.19 bits per heavy atom. The van der Waals surface area contributed by atoms with Gasteiger partial charge in [0.1, 0.15) is 0 Å². The van der Waals surface area contributed by atoms with E-state index >= 15 is 0 Å². The molecule has 0 aromatic carbocycles. The summed E-state index contributed by atoms with van der Waals surface area (Å²) in [6.45, 7) is 7.66. The van der Waals surface area contributed by atoms with E-state index in [4.69, 9.17) is 0 Å². The summed E-state index contributed by atoms with van der Waals surface area (Å²) in [4.78, 5) is 2.86. The van der Waals surface area contributed by atoms with Crippen LogP contribution in [-0.4, -0.2) is 37.1 Å². The first-order valence-electron chi connectivity index (χ1n) is 9.55. The van der Waals surface area contributed by atoms with Crippen LogP contribution in [0.4, 0.5) is 0 Å². The minimum Gasteiger partial charge on any atom is -0.315 e. The van der Waals surface area contributed by atoms with Gasteiger partial charge in [-0.25, -0.2) is 0 Å². The van der Waals surface area contributed by atoms with E-state index in [2.05, 4.69) is 31.1 Å². The van der Waals surface area contributed by atoms with Crippen LogP contribution in [0, 0.1) is 17.3 Å². The Labute approximate surface area is 132 Å². The molecule has 4 unspecified atom stereocenters. The molecule has 1 spiro atoms. The highest BCUT2D eigenvalue weighted by molar-refractivity contribution is 4.97. The lowest BCUT2D eigenvalue weighted by Crippen LogP contribution is -2.58. The maximum absolute atomic E-state index is 3.64. The molecule has 1 heterocycles. The fourth-order valence-electron chi connectivity index (χ4n) is 5.84. The van der Waals surface area contributed by atoms with E-state index in [1.807, 2.05) is 0 Å². The standard InChI is InChI=1S/C19H36N2/c1-15-13-16(2)18(17(14-15)20-3)21-11-9-19(10-12-21)7-5-4-6-8-19/h15-18,20H,4-14H2,1-3H3. The number of nitrogens with one attached hydrogen (secondary N) is 1. The lowest BCUT2D eigenvalue weighted by Gasteiger charge is -2.51. The molecular weight excluding hydrogens is 256 g/mol. The number of likely N-dealkylation sites (N-methyl/N-ethyl adjacent to an activating group) is 1. The molecule has 0 aromatic rings. The third kappa shape index (κ3) is 3.32. The summed E-state index contributed by atoms with van der Waals surface area (Å²) >= 11 is 0. The zero-order chi connectivity index (χ0) is 14.9. The first kappa shape index (κ1) is 15.8. The van der Waals surface area contributed by atoms with Crippen LogP contribution in [-0.2, 0) is 0 Å². The molecule has 21 heavy (non-hydrogen) atoms. The Bertz CT molecular complexity index is 324. The third-order valence-electron chi connectivity index (χ3n) is 6.99. The number of likely N-dealkylation sites (tertiary alicyclic amines) is 1. The Morgan fingerprint density at radius 1 is 0.905 bits per heavy atom. The predicted octanol–water partition coefficient (Wildman–Crippen LogP) is 4.06. The normalized spacial score (nSPS) is 41.3. The van der Waals surface area contributed by atoms with Gasteiger partial charge >= 0.3 is 0 Å². The van der Waals surface area contributed by atoms with Crippen LogP contribution in [0.2, 0.25) is 0 Å². The van der Waals surface area contributed by atoms with Crippen LogP contribution < -0.4 is 5.32 Å². The van der Waals surface area contributed by atoms with E-state index in [0.717, 1.165) is 23.3 Å². The number of hydrogen-bond acceptors (Lipinski definition) is 2. The number of hydrogen-bond donors (Lipinski definition) is 1. The zero-order valence-corrected chi connectivity index (χ0v) is 14.5. The van der Waals surface area contributed by atoms with Crippen molar-refractivity contribution in [3.63, 3.8) is 0 Å². The molecule has 3 fully saturated rings. The van der Waals surface area contributed by atoms with Crippen molar-refractivity contribution in [1.29, 1.82) is 0 Å². The van der Waals surface area contributed by atoms with Gasteiger partial charge in [-0.2, -0.15) is 0 Å². The number of piperidine rings is 1. The van der Waals surface area contributed by atoms with Crippen molar-refractivity contribution in [3.8, 4) is 0 Å². The highest BCUT2D eigenvalue weighted by atomic mass is 15.2. The first-order chi connectivity index (χ1) is 10.1. The molecule has 122 valence electrons. The van der Waals surface area contributed by atoms with Gasteiger partial charge in [-0.15, -0.1) is 0 Å². The summed E-state index contributed by atoms with van der Waals surface area (Å²) in [6, 6.07) is 1.50. The molecule has 2 nitrogen and oxygen atoms in total. The molecule has 2 heteroatoms. The van der Waals surface area contributed by atoms with Crippen molar-refractivity contribution in [2.45, 2.75) is 83.7 Å². The molecule has 0 amide bonds. The van der Waals surface area contributed by atoms with Crippen LogP contribution in [0.1, 0.15) is 71.6 Å². The first-order valence-corrected chi connectivity index (χ1v) is 9.55. The topological polar surface area (TPSA) is 15.3 Å². The Kier molecular flexibility index (Phi) is 4.95. The summed E-state index contributed by atoms with van der Waals surface area (Å²) in [6.07, 6.45) is 13.3. The summed E-state index contributed by atoms with van der Waals surface area (Å²) in [7, 11) is 2.18. The quantitative estimate of drug-likeness (QED) is 0.826. The van der Waals surface area contributed by atoms with Gasteiger partial charge in [0.2, 0.25) is 0 Å². The molecule has 0 radical (unpaired) electrons. The lowest BCUT2D eigenvalue weighted by atomic mass is 9.67. The van der Waals surface area contributed by atoms with Gasteiger partial charge in [-0.1, -0.05) is 33.1 Å². The van der Waals surface area contributed by atoms with Crippen molar-refractivity contribution < 1.29 is 0 Å². The van der Waals surface area contributed by atoms with E-state index in [9.17, 15) is 0 Å². The summed E-state index contributed by atoms with van der Waals surface area (Å²) in [5.41, 5.74) is 0.745. The second-order valence-corrected chi connectivity index (χ2v) is 8.54. The van der Waals surface area contributed by atoms with Crippen molar-refractivity contribution in [1.82, 2.24) is 10.2 Å². The number of rotatable bonds is 2. The predicted molar refractivity (Wildman–Crippen MR) is 90.5 cm³/mol. The van der Waals surface area contributed by atoms with Crippen molar-refractivity contribution in [3.05, 3.63) is 0 Å². The molecule has 0 aromatic heterocycles. The highest BCUT2D eigenvalue weighted by Crippen LogP contribution is 2.46. The molecule has 3 aliphatic rings. The van der Waals surface area contributed by atoms with Gasteiger partial charge in [0.25, 0.3) is 0 Å². The van der Waals surface area contributed by atoms with Crippen molar-refractivity contribution >= 4 is 0 Å². The molecular formula is C19H36N2. The Balaban J connectivity index is 1.62. The van der Waals surface area contributed by atoms with Gasteiger partial charge in [-0.3, -0.25) is 4.90 Å². The van der Waals surface area contributed by atoms with Crippen LogP contribution >= 0.6 is 0 Å². The van der Waals surface area contributed by atoms with Crippen molar-refractivity contribution in [2.75, 3.05) is 20.1 Å². The van der Waals surface area contributed by atoms with E-state index in [-0.39, 0.29) is 0 Å². The summed E-state index contributed by atoms with van der Waals surface area (Å²) < 4.78 is 0. The van der Waals surface area contributed by atoms with Crippen LogP contribution in [0.15, 0.2) is 0 Å². The van der Waals surface area contributed by atoms with Gasteiger partial charge in [0.15, 0.2) is 0 Å².